The topological polar surface area (TPSA) is 61.5 Å². The number of nitrogens with two attached hydrogens (primary N) is 1. The molecule has 4 heteroatoms. The van der Waals surface area contributed by atoms with E-state index in [4.69, 9.17) is 15.2 Å². The molecule has 2 N–H and O–H groups in total. The summed E-state index contributed by atoms with van der Waals surface area (Å²) in [5.74, 6) is 1.45. The molecule has 0 aromatic heterocycles. The number of ketones is 1. The van der Waals surface area contributed by atoms with Crippen molar-refractivity contribution in [2.75, 3.05) is 14.2 Å². The molecule has 94 valence electrons. The molecule has 0 saturated carbocycles. The van der Waals surface area contributed by atoms with Crippen molar-refractivity contribution in [1.82, 2.24) is 0 Å². The Balaban J connectivity index is 3.17. The van der Waals surface area contributed by atoms with Crippen LogP contribution in [0, 0.1) is 6.92 Å². The molecule has 0 bridgehead atoms. The van der Waals surface area contributed by atoms with E-state index < -0.39 is 0 Å². The summed E-state index contributed by atoms with van der Waals surface area (Å²) < 4.78 is 10.5. The van der Waals surface area contributed by atoms with E-state index in [9.17, 15) is 4.79 Å². The van der Waals surface area contributed by atoms with Crippen LogP contribution >= 0.6 is 0 Å². The molecule has 0 aliphatic heterocycles. The predicted molar refractivity (Wildman–Crippen MR) is 66.5 cm³/mol. The van der Waals surface area contributed by atoms with Crippen molar-refractivity contribution in [3.63, 3.8) is 0 Å². The Morgan fingerprint density at radius 2 is 2.00 bits per heavy atom. The van der Waals surface area contributed by atoms with Crippen LogP contribution in [0.4, 0.5) is 0 Å². The molecule has 1 aromatic carbocycles. The number of aryl methyl sites for hydroxylation is 1. The molecule has 0 fully saturated rings. The SMILES string of the molecule is COc1cc(C)c(C(N)CC(C)=O)c(OC)c1. The summed E-state index contributed by atoms with van der Waals surface area (Å²) in [6, 6.07) is 3.33. The van der Waals surface area contributed by atoms with Crippen molar-refractivity contribution >= 4 is 5.78 Å². The largest absolute Gasteiger partial charge is 0.497 e. The zero-order valence-corrected chi connectivity index (χ0v) is 10.7. The maximum Gasteiger partial charge on any atom is 0.131 e. The van der Waals surface area contributed by atoms with Gasteiger partial charge in [-0.25, -0.2) is 0 Å². The first kappa shape index (κ1) is 13.5. The number of methoxy groups -OCH3 is 2. The summed E-state index contributed by atoms with van der Waals surface area (Å²) in [4.78, 5) is 11.1. The van der Waals surface area contributed by atoms with Crippen molar-refractivity contribution < 1.29 is 14.3 Å². The molecule has 4 nitrogen and oxygen atoms in total. The molecule has 0 heterocycles. The van der Waals surface area contributed by atoms with E-state index in [-0.39, 0.29) is 11.8 Å². The van der Waals surface area contributed by atoms with Gasteiger partial charge in [0, 0.05) is 24.1 Å². The molecule has 0 amide bonds. The first-order valence-electron chi connectivity index (χ1n) is 5.47. The summed E-state index contributed by atoms with van der Waals surface area (Å²) in [6.45, 7) is 3.46. The zero-order chi connectivity index (χ0) is 13.0. The molecule has 1 rings (SSSR count). The van der Waals surface area contributed by atoms with Crippen LogP contribution in [0.5, 0.6) is 11.5 Å². The van der Waals surface area contributed by atoms with Crippen LogP contribution in [0.15, 0.2) is 12.1 Å². The smallest absolute Gasteiger partial charge is 0.131 e. The normalized spacial score (nSPS) is 12.1. The van der Waals surface area contributed by atoms with Crippen LogP contribution in [-0.4, -0.2) is 20.0 Å². The maximum absolute atomic E-state index is 11.1. The number of benzene rings is 1. The number of hydrogen-bond donors (Lipinski definition) is 1. The van der Waals surface area contributed by atoms with Crippen LogP contribution in [0.1, 0.15) is 30.5 Å². The zero-order valence-electron chi connectivity index (χ0n) is 10.7. The fraction of sp³-hybridized carbons (Fsp3) is 0.462. The van der Waals surface area contributed by atoms with Gasteiger partial charge in [0.2, 0.25) is 0 Å². The lowest BCUT2D eigenvalue weighted by molar-refractivity contribution is -0.117. The third-order valence-corrected chi connectivity index (χ3v) is 2.66. The maximum atomic E-state index is 11.1. The van der Waals surface area contributed by atoms with Gasteiger partial charge in [-0.15, -0.1) is 0 Å². The van der Waals surface area contributed by atoms with Crippen LogP contribution < -0.4 is 15.2 Å². The molecule has 0 aliphatic rings. The van der Waals surface area contributed by atoms with Gasteiger partial charge in [0.05, 0.1) is 14.2 Å². The average molecular weight is 237 g/mol. The quantitative estimate of drug-likeness (QED) is 0.850. The van der Waals surface area contributed by atoms with Gasteiger partial charge in [-0.05, 0) is 25.5 Å². The minimum Gasteiger partial charge on any atom is -0.497 e. The van der Waals surface area contributed by atoms with E-state index in [2.05, 4.69) is 0 Å². The number of ether oxygens (including phenoxy) is 2. The van der Waals surface area contributed by atoms with Gasteiger partial charge in [0.25, 0.3) is 0 Å². The van der Waals surface area contributed by atoms with E-state index in [1.165, 1.54) is 6.92 Å². The summed E-state index contributed by atoms with van der Waals surface area (Å²) in [6.07, 6.45) is 0.309. The summed E-state index contributed by atoms with van der Waals surface area (Å²) >= 11 is 0. The van der Waals surface area contributed by atoms with Crippen molar-refractivity contribution in [3.8, 4) is 11.5 Å². The van der Waals surface area contributed by atoms with Crippen molar-refractivity contribution in [3.05, 3.63) is 23.3 Å². The van der Waals surface area contributed by atoms with Gasteiger partial charge in [-0.2, -0.15) is 0 Å². The molecule has 0 aliphatic carbocycles. The first-order chi connectivity index (χ1) is 7.99. The summed E-state index contributed by atoms with van der Waals surface area (Å²) in [5.41, 5.74) is 7.85. The molecule has 0 saturated heterocycles. The van der Waals surface area contributed by atoms with E-state index in [0.717, 1.165) is 16.9 Å². The van der Waals surface area contributed by atoms with Crippen LogP contribution in [-0.2, 0) is 4.79 Å². The highest BCUT2D eigenvalue weighted by molar-refractivity contribution is 5.76. The average Bonchev–Trinajstić information content (AvgIpc) is 2.26. The Bertz CT molecular complexity index is 415. The second-order valence-electron chi connectivity index (χ2n) is 4.07. The van der Waals surface area contributed by atoms with Gasteiger partial charge >= 0.3 is 0 Å². The van der Waals surface area contributed by atoms with Crippen LogP contribution in [0.25, 0.3) is 0 Å². The fourth-order valence-electron chi connectivity index (χ4n) is 1.91. The Kier molecular flexibility index (Phi) is 4.52. The molecular formula is C13H19NO3. The minimum atomic E-state index is -0.339. The van der Waals surface area contributed by atoms with Gasteiger partial charge in [-0.3, -0.25) is 4.79 Å². The highest BCUT2D eigenvalue weighted by Crippen LogP contribution is 2.33. The molecule has 0 spiro atoms. The number of carbonyl (C=O) groups excluding carboxylic acids is 1. The molecule has 1 unspecified atom stereocenters. The second kappa shape index (κ2) is 5.68. The van der Waals surface area contributed by atoms with Crippen LogP contribution in [0.3, 0.4) is 0 Å². The van der Waals surface area contributed by atoms with Crippen molar-refractivity contribution in [2.24, 2.45) is 5.73 Å². The lowest BCUT2D eigenvalue weighted by Gasteiger charge is -2.18. The van der Waals surface area contributed by atoms with E-state index >= 15 is 0 Å². The number of Topliss-reactive ketones (excluding diaryl/α,β-unsaturated/α-hetero) is 1. The highest BCUT2D eigenvalue weighted by atomic mass is 16.5. The van der Waals surface area contributed by atoms with Crippen LogP contribution in [0.2, 0.25) is 0 Å². The lowest BCUT2D eigenvalue weighted by Crippen LogP contribution is -2.16. The standard InChI is InChI=1S/C13H19NO3/c1-8-5-10(16-3)7-12(17-4)13(8)11(14)6-9(2)15/h5,7,11H,6,14H2,1-4H3. The van der Waals surface area contributed by atoms with Gasteiger partial charge in [-0.1, -0.05) is 0 Å². The second-order valence-corrected chi connectivity index (χ2v) is 4.07. The fourth-order valence-corrected chi connectivity index (χ4v) is 1.91. The Morgan fingerprint density at radius 3 is 2.47 bits per heavy atom. The number of hydrogen-bond acceptors (Lipinski definition) is 4. The van der Waals surface area contributed by atoms with E-state index in [0.29, 0.717) is 12.2 Å². The molecular weight excluding hydrogens is 218 g/mol. The molecule has 17 heavy (non-hydrogen) atoms. The van der Waals surface area contributed by atoms with Crippen molar-refractivity contribution in [1.29, 1.82) is 0 Å². The Labute approximate surface area is 102 Å². The van der Waals surface area contributed by atoms with E-state index in [1.807, 2.05) is 13.0 Å². The third kappa shape index (κ3) is 3.20. The number of rotatable bonds is 5. The summed E-state index contributed by atoms with van der Waals surface area (Å²) in [7, 11) is 3.18. The molecule has 1 atom stereocenters. The Morgan fingerprint density at radius 1 is 1.35 bits per heavy atom. The molecule has 0 radical (unpaired) electrons. The summed E-state index contributed by atoms with van der Waals surface area (Å²) in [5, 5.41) is 0. The molecule has 1 aromatic rings. The van der Waals surface area contributed by atoms with Gasteiger partial charge < -0.3 is 15.2 Å². The predicted octanol–water partition coefficient (Wildman–Crippen LogP) is 1.99. The number of carbonyl (C=O) groups is 1. The Hall–Kier alpha value is -1.55. The monoisotopic (exact) mass is 237 g/mol. The third-order valence-electron chi connectivity index (χ3n) is 2.66. The van der Waals surface area contributed by atoms with E-state index in [1.54, 1.807) is 20.3 Å². The van der Waals surface area contributed by atoms with Gasteiger partial charge in [0.15, 0.2) is 0 Å². The van der Waals surface area contributed by atoms with Crippen molar-refractivity contribution in [2.45, 2.75) is 26.3 Å². The van der Waals surface area contributed by atoms with Gasteiger partial charge in [0.1, 0.15) is 17.3 Å². The lowest BCUT2D eigenvalue weighted by atomic mass is 9.96. The first-order valence-corrected chi connectivity index (χ1v) is 5.47. The minimum absolute atomic E-state index is 0.0646. The highest BCUT2D eigenvalue weighted by Gasteiger charge is 2.17.